The zero-order valence-electron chi connectivity index (χ0n) is 9.92. The van der Waals surface area contributed by atoms with E-state index in [4.69, 9.17) is 5.11 Å². The molecule has 0 bridgehead atoms. The highest BCUT2D eigenvalue weighted by molar-refractivity contribution is 5.92. The molecule has 0 atom stereocenters. The first-order chi connectivity index (χ1) is 8.66. The number of aromatic carboxylic acids is 1. The number of hydrogen-bond donors (Lipinski definition) is 2. The summed E-state index contributed by atoms with van der Waals surface area (Å²) in [5, 5.41) is 12.0. The Kier molecular flexibility index (Phi) is 3.52. The van der Waals surface area contributed by atoms with Crippen molar-refractivity contribution in [2.45, 2.75) is 13.5 Å². The molecule has 5 nitrogen and oxygen atoms in total. The van der Waals surface area contributed by atoms with Crippen LogP contribution in [-0.4, -0.2) is 21.0 Å². The molecule has 0 saturated carbocycles. The Morgan fingerprint density at radius 3 is 3.00 bits per heavy atom. The summed E-state index contributed by atoms with van der Waals surface area (Å²) in [6.07, 6.45) is 2.61. The minimum atomic E-state index is -1.04. The fourth-order valence-electron chi connectivity index (χ4n) is 1.63. The van der Waals surface area contributed by atoms with Gasteiger partial charge >= 0.3 is 5.97 Å². The van der Waals surface area contributed by atoms with Gasteiger partial charge < -0.3 is 10.4 Å². The smallest absolute Gasteiger partial charge is 0.341 e. The summed E-state index contributed by atoms with van der Waals surface area (Å²) >= 11 is 0. The fraction of sp³-hybridized carbons (Fsp3) is 0.154. The molecule has 1 aromatic carbocycles. The number of nitrogens with zero attached hydrogens (tertiary/aromatic N) is 2. The number of carboxylic acid groups (broad SMARTS) is 1. The lowest BCUT2D eigenvalue weighted by molar-refractivity contribution is 0.0697. The van der Waals surface area contributed by atoms with Crippen LogP contribution in [0.1, 0.15) is 21.5 Å². The van der Waals surface area contributed by atoms with Crippen molar-refractivity contribution in [3.8, 4) is 0 Å². The monoisotopic (exact) mass is 243 g/mol. The zero-order valence-corrected chi connectivity index (χ0v) is 9.92. The molecule has 0 fully saturated rings. The second kappa shape index (κ2) is 5.27. The van der Waals surface area contributed by atoms with Crippen molar-refractivity contribution in [3.63, 3.8) is 0 Å². The number of carboxylic acids is 1. The molecule has 0 spiro atoms. The average Bonchev–Trinajstić information content (AvgIpc) is 2.37. The van der Waals surface area contributed by atoms with E-state index in [1.807, 2.05) is 31.2 Å². The van der Waals surface area contributed by atoms with Gasteiger partial charge in [-0.05, 0) is 12.5 Å². The van der Waals surface area contributed by atoms with Crippen molar-refractivity contribution in [2.24, 2.45) is 0 Å². The third kappa shape index (κ3) is 2.82. The summed E-state index contributed by atoms with van der Waals surface area (Å²) < 4.78 is 0. The maximum atomic E-state index is 11.0. The largest absolute Gasteiger partial charge is 0.477 e. The number of carbonyl (C=O) groups is 1. The SMILES string of the molecule is Cc1cccc(CNc2ncncc2C(=O)O)c1. The second-order valence-electron chi connectivity index (χ2n) is 3.93. The summed E-state index contributed by atoms with van der Waals surface area (Å²) in [7, 11) is 0. The molecule has 2 rings (SSSR count). The van der Waals surface area contributed by atoms with Gasteiger partial charge in [-0.3, -0.25) is 0 Å². The molecule has 92 valence electrons. The Balaban J connectivity index is 2.13. The van der Waals surface area contributed by atoms with E-state index in [0.717, 1.165) is 11.1 Å². The van der Waals surface area contributed by atoms with Crippen LogP contribution in [0.4, 0.5) is 5.82 Å². The Hall–Kier alpha value is -2.43. The highest BCUT2D eigenvalue weighted by atomic mass is 16.4. The second-order valence-corrected chi connectivity index (χ2v) is 3.93. The van der Waals surface area contributed by atoms with Gasteiger partial charge in [0.2, 0.25) is 0 Å². The van der Waals surface area contributed by atoms with Crippen molar-refractivity contribution >= 4 is 11.8 Å². The van der Waals surface area contributed by atoms with Crippen LogP contribution >= 0.6 is 0 Å². The lowest BCUT2D eigenvalue weighted by Crippen LogP contribution is -2.08. The van der Waals surface area contributed by atoms with Crippen LogP contribution in [-0.2, 0) is 6.54 Å². The van der Waals surface area contributed by atoms with E-state index < -0.39 is 5.97 Å². The Bertz CT molecular complexity index is 570. The number of aryl methyl sites for hydroxylation is 1. The highest BCUT2D eigenvalue weighted by Gasteiger charge is 2.10. The van der Waals surface area contributed by atoms with Gasteiger partial charge in [-0.15, -0.1) is 0 Å². The Morgan fingerprint density at radius 2 is 2.28 bits per heavy atom. The van der Waals surface area contributed by atoms with Crippen molar-refractivity contribution < 1.29 is 9.90 Å². The molecule has 18 heavy (non-hydrogen) atoms. The third-order valence-electron chi connectivity index (χ3n) is 2.49. The predicted octanol–water partition coefficient (Wildman–Crippen LogP) is 2.10. The molecule has 0 radical (unpaired) electrons. The number of benzene rings is 1. The van der Waals surface area contributed by atoms with E-state index in [1.165, 1.54) is 12.5 Å². The molecule has 2 N–H and O–H groups in total. The summed E-state index contributed by atoms with van der Waals surface area (Å²) in [4.78, 5) is 18.6. The van der Waals surface area contributed by atoms with Crippen LogP contribution in [0.25, 0.3) is 0 Å². The minimum absolute atomic E-state index is 0.0742. The fourth-order valence-corrected chi connectivity index (χ4v) is 1.63. The van der Waals surface area contributed by atoms with Crippen LogP contribution < -0.4 is 5.32 Å². The summed E-state index contributed by atoms with van der Waals surface area (Å²) in [5.41, 5.74) is 2.31. The zero-order chi connectivity index (χ0) is 13.0. The van der Waals surface area contributed by atoms with Crippen molar-refractivity contribution in [2.75, 3.05) is 5.32 Å². The highest BCUT2D eigenvalue weighted by Crippen LogP contribution is 2.12. The molecule has 0 saturated heterocycles. The maximum absolute atomic E-state index is 11.0. The number of hydrogen-bond acceptors (Lipinski definition) is 4. The van der Waals surface area contributed by atoms with Gasteiger partial charge in [0, 0.05) is 12.7 Å². The van der Waals surface area contributed by atoms with Crippen LogP contribution in [0.15, 0.2) is 36.8 Å². The molecule has 2 aromatic rings. The lowest BCUT2D eigenvalue weighted by Gasteiger charge is -2.08. The standard InChI is InChI=1S/C13H13N3O2/c1-9-3-2-4-10(5-9)6-15-12-11(13(17)18)7-14-8-16-12/h2-5,7-8H,6H2,1H3,(H,17,18)(H,14,15,16). The Morgan fingerprint density at radius 1 is 1.44 bits per heavy atom. The van der Waals surface area contributed by atoms with E-state index in [9.17, 15) is 4.79 Å². The van der Waals surface area contributed by atoms with Crippen LogP contribution in [0.3, 0.4) is 0 Å². The molecule has 0 aliphatic carbocycles. The van der Waals surface area contributed by atoms with Gasteiger partial charge in [0.05, 0.1) is 0 Å². The summed E-state index contributed by atoms with van der Waals surface area (Å²) in [6, 6.07) is 7.98. The molecule has 5 heteroatoms. The first kappa shape index (κ1) is 12.0. The van der Waals surface area contributed by atoms with Gasteiger partial charge in [-0.1, -0.05) is 29.8 Å². The van der Waals surface area contributed by atoms with Gasteiger partial charge in [-0.2, -0.15) is 0 Å². The first-order valence-electron chi connectivity index (χ1n) is 5.49. The normalized spacial score (nSPS) is 10.1. The Labute approximate surface area is 105 Å². The number of nitrogens with one attached hydrogen (secondary N) is 1. The van der Waals surface area contributed by atoms with Gasteiger partial charge in [0.1, 0.15) is 17.7 Å². The quantitative estimate of drug-likeness (QED) is 0.860. The minimum Gasteiger partial charge on any atom is -0.477 e. The van der Waals surface area contributed by atoms with Crippen LogP contribution in [0.2, 0.25) is 0 Å². The molecule has 0 aliphatic rings. The van der Waals surface area contributed by atoms with Crippen molar-refractivity contribution in [3.05, 3.63) is 53.5 Å². The van der Waals surface area contributed by atoms with Crippen LogP contribution in [0.5, 0.6) is 0 Å². The summed E-state index contributed by atoms with van der Waals surface area (Å²) in [6.45, 7) is 2.54. The maximum Gasteiger partial charge on any atom is 0.341 e. The summed E-state index contributed by atoms with van der Waals surface area (Å²) in [5.74, 6) is -0.707. The van der Waals surface area contributed by atoms with E-state index in [0.29, 0.717) is 12.4 Å². The predicted molar refractivity (Wildman–Crippen MR) is 67.5 cm³/mol. The van der Waals surface area contributed by atoms with E-state index in [2.05, 4.69) is 15.3 Å². The van der Waals surface area contributed by atoms with Gasteiger partial charge in [0.25, 0.3) is 0 Å². The van der Waals surface area contributed by atoms with Crippen molar-refractivity contribution in [1.29, 1.82) is 0 Å². The van der Waals surface area contributed by atoms with Gasteiger partial charge in [-0.25, -0.2) is 14.8 Å². The van der Waals surface area contributed by atoms with Crippen LogP contribution in [0, 0.1) is 6.92 Å². The first-order valence-corrected chi connectivity index (χ1v) is 5.49. The molecule has 0 aliphatic heterocycles. The number of aromatic nitrogens is 2. The van der Waals surface area contributed by atoms with E-state index in [1.54, 1.807) is 0 Å². The molecule has 0 unspecified atom stereocenters. The molecule has 1 aromatic heterocycles. The van der Waals surface area contributed by atoms with Crippen molar-refractivity contribution in [1.82, 2.24) is 9.97 Å². The average molecular weight is 243 g/mol. The van der Waals surface area contributed by atoms with E-state index >= 15 is 0 Å². The number of rotatable bonds is 4. The van der Waals surface area contributed by atoms with E-state index in [-0.39, 0.29) is 5.56 Å². The molecular formula is C13H13N3O2. The third-order valence-corrected chi connectivity index (χ3v) is 2.49. The molecular weight excluding hydrogens is 230 g/mol. The number of anilines is 1. The lowest BCUT2D eigenvalue weighted by atomic mass is 10.1. The van der Waals surface area contributed by atoms with Gasteiger partial charge in [0.15, 0.2) is 0 Å². The molecule has 1 heterocycles. The topological polar surface area (TPSA) is 75.1 Å². The molecule has 0 amide bonds.